The quantitative estimate of drug-likeness (QED) is 0.709. The first kappa shape index (κ1) is 21.4. The van der Waals surface area contributed by atoms with Crippen molar-refractivity contribution < 1.29 is 9.90 Å². The maximum absolute atomic E-state index is 12.7. The normalized spacial score (nSPS) is 22.2. The SMILES string of the molecule is Cc1ccc(NCC(O)CN2CC3CN(C(=O)c4ncccc4Cl)CC3C2)cc1Cl. The number of β-amino-alcohol motifs (C(OH)–C–C–N with tert-alkyl or cyclic N) is 1. The second-order valence-corrected chi connectivity index (χ2v) is 9.10. The number of aliphatic hydroxyl groups is 1. The topological polar surface area (TPSA) is 68.7 Å². The standard InChI is InChI=1S/C22H26Cl2N4O2/c1-14-4-5-17(7-20(14)24)26-8-18(29)13-27-9-15-11-28(12-16(15)10-27)22(30)21-19(23)3-2-6-25-21/h2-7,15-16,18,26,29H,8-13H2,1H3. The molecule has 2 aromatic rings. The molecule has 1 aromatic carbocycles. The monoisotopic (exact) mass is 448 g/mol. The van der Waals surface area contributed by atoms with Gasteiger partial charge < -0.3 is 15.3 Å². The second kappa shape index (κ2) is 9.10. The van der Waals surface area contributed by atoms with E-state index in [-0.39, 0.29) is 5.91 Å². The number of nitrogens with zero attached hydrogens (tertiary/aromatic N) is 3. The van der Waals surface area contributed by atoms with Crippen LogP contribution in [0, 0.1) is 18.8 Å². The molecule has 2 aliphatic rings. The molecule has 3 heterocycles. The van der Waals surface area contributed by atoms with Gasteiger partial charge in [-0.1, -0.05) is 29.3 Å². The van der Waals surface area contributed by atoms with Crippen LogP contribution >= 0.6 is 23.2 Å². The summed E-state index contributed by atoms with van der Waals surface area (Å²) in [5, 5.41) is 14.8. The summed E-state index contributed by atoms with van der Waals surface area (Å²) in [5.41, 5.74) is 2.27. The minimum atomic E-state index is -0.478. The van der Waals surface area contributed by atoms with Crippen LogP contribution < -0.4 is 5.32 Å². The molecule has 1 amide bonds. The minimum Gasteiger partial charge on any atom is -0.390 e. The molecule has 0 spiro atoms. The third-order valence-corrected chi connectivity index (χ3v) is 6.70. The molecule has 6 nitrogen and oxygen atoms in total. The fraction of sp³-hybridized carbons (Fsp3) is 0.455. The van der Waals surface area contributed by atoms with Crippen molar-refractivity contribution in [1.29, 1.82) is 0 Å². The molecule has 0 saturated carbocycles. The molecule has 4 rings (SSSR count). The lowest BCUT2D eigenvalue weighted by Crippen LogP contribution is -2.38. The van der Waals surface area contributed by atoms with Crippen LogP contribution in [-0.4, -0.2) is 71.2 Å². The Morgan fingerprint density at radius 2 is 1.93 bits per heavy atom. The van der Waals surface area contributed by atoms with Crippen LogP contribution in [0.15, 0.2) is 36.5 Å². The van der Waals surface area contributed by atoms with Gasteiger partial charge in [0.15, 0.2) is 0 Å². The van der Waals surface area contributed by atoms with Gasteiger partial charge in [0, 0.05) is 56.2 Å². The van der Waals surface area contributed by atoms with Crippen LogP contribution in [0.3, 0.4) is 0 Å². The summed E-state index contributed by atoms with van der Waals surface area (Å²) in [6, 6.07) is 9.23. The van der Waals surface area contributed by atoms with Crippen LogP contribution in [-0.2, 0) is 0 Å². The fourth-order valence-corrected chi connectivity index (χ4v) is 4.78. The van der Waals surface area contributed by atoms with Gasteiger partial charge in [-0.25, -0.2) is 4.98 Å². The number of aromatic nitrogens is 1. The Labute approximate surface area is 186 Å². The van der Waals surface area contributed by atoms with Crippen LogP contribution in [0.5, 0.6) is 0 Å². The number of likely N-dealkylation sites (tertiary alicyclic amines) is 2. The van der Waals surface area contributed by atoms with E-state index >= 15 is 0 Å². The third kappa shape index (κ3) is 4.72. The molecule has 3 atom stereocenters. The number of anilines is 1. The zero-order valence-electron chi connectivity index (χ0n) is 16.9. The summed E-state index contributed by atoms with van der Waals surface area (Å²) in [4.78, 5) is 21.0. The highest BCUT2D eigenvalue weighted by Gasteiger charge is 2.42. The van der Waals surface area contributed by atoms with Gasteiger partial charge in [-0.3, -0.25) is 9.69 Å². The highest BCUT2D eigenvalue weighted by molar-refractivity contribution is 6.33. The number of benzene rings is 1. The van der Waals surface area contributed by atoms with Crippen molar-refractivity contribution in [3.05, 3.63) is 57.8 Å². The van der Waals surface area contributed by atoms with Crippen molar-refractivity contribution in [3.63, 3.8) is 0 Å². The molecule has 0 bridgehead atoms. The molecule has 1 aromatic heterocycles. The lowest BCUT2D eigenvalue weighted by molar-refractivity contribution is 0.0758. The van der Waals surface area contributed by atoms with Crippen LogP contribution in [0.4, 0.5) is 5.69 Å². The van der Waals surface area contributed by atoms with Crippen LogP contribution in [0.1, 0.15) is 16.1 Å². The van der Waals surface area contributed by atoms with Gasteiger partial charge in [-0.2, -0.15) is 0 Å². The van der Waals surface area contributed by atoms with Gasteiger partial charge in [-0.15, -0.1) is 0 Å². The number of pyridine rings is 1. The van der Waals surface area contributed by atoms with Gasteiger partial charge >= 0.3 is 0 Å². The molecule has 160 valence electrons. The van der Waals surface area contributed by atoms with Gasteiger partial charge in [0.2, 0.25) is 0 Å². The molecule has 3 unspecified atom stereocenters. The summed E-state index contributed by atoms with van der Waals surface area (Å²) < 4.78 is 0. The number of hydrogen-bond acceptors (Lipinski definition) is 5. The van der Waals surface area contributed by atoms with E-state index < -0.39 is 6.10 Å². The number of halogens is 2. The molecule has 2 aliphatic heterocycles. The summed E-state index contributed by atoms with van der Waals surface area (Å²) in [5.74, 6) is 0.752. The van der Waals surface area contributed by atoms with Crippen molar-refractivity contribution in [3.8, 4) is 0 Å². The van der Waals surface area contributed by atoms with Crippen LogP contribution in [0.2, 0.25) is 10.0 Å². The van der Waals surface area contributed by atoms with Crippen molar-refractivity contribution in [2.24, 2.45) is 11.8 Å². The zero-order valence-corrected chi connectivity index (χ0v) is 18.4. The van der Waals surface area contributed by atoms with Gasteiger partial charge in [0.1, 0.15) is 5.69 Å². The summed E-state index contributed by atoms with van der Waals surface area (Å²) in [7, 11) is 0. The Hall–Kier alpha value is -1.86. The highest BCUT2D eigenvalue weighted by Crippen LogP contribution is 2.32. The van der Waals surface area contributed by atoms with Crippen molar-refractivity contribution in [1.82, 2.24) is 14.8 Å². The summed E-state index contributed by atoms with van der Waals surface area (Å²) in [6.45, 7) is 6.24. The van der Waals surface area contributed by atoms with Crippen molar-refractivity contribution >= 4 is 34.8 Å². The number of aliphatic hydroxyl groups excluding tert-OH is 1. The predicted molar refractivity (Wildman–Crippen MR) is 119 cm³/mol. The number of fused-ring (bicyclic) bond motifs is 1. The van der Waals surface area contributed by atoms with E-state index in [2.05, 4.69) is 15.2 Å². The number of rotatable bonds is 6. The lowest BCUT2D eigenvalue weighted by atomic mass is 10.0. The molecule has 0 radical (unpaired) electrons. The molecule has 0 aliphatic carbocycles. The number of hydrogen-bond donors (Lipinski definition) is 2. The van der Waals surface area contributed by atoms with E-state index in [1.165, 1.54) is 0 Å². The smallest absolute Gasteiger partial charge is 0.274 e. The van der Waals surface area contributed by atoms with Crippen LogP contribution in [0.25, 0.3) is 0 Å². The Balaban J connectivity index is 1.24. The van der Waals surface area contributed by atoms with Gasteiger partial charge in [0.25, 0.3) is 5.91 Å². The van der Waals surface area contributed by atoms with E-state index in [0.717, 1.165) is 24.3 Å². The fourth-order valence-electron chi connectivity index (χ4n) is 4.40. The zero-order chi connectivity index (χ0) is 21.3. The first-order valence-electron chi connectivity index (χ1n) is 10.2. The maximum Gasteiger partial charge on any atom is 0.274 e. The molecule has 8 heteroatoms. The van der Waals surface area contributed by atoms with E-state index in [9.17, 15) is 9.90 Å². The molecular formula is C22H26Cl2N4O2. The Morgan fingerprint density at radius 3 is 2.60 bits per heavy atom. The molecule has 2 N–H and O–H groups in total. The van der Waals surface area contributed by atoms with E-state index in [1.807, 2.05) is 30.0 Å². The third-order valence-electron chi connectivity index (χ3n) is 5.99. The molecule has 30 heavy (non-hydrogen) atoms. The largest absolute Gasteiger partial charge is 0.390 e. The number of nitrogens with one attached hydrogen (secondary N) is 1. The number of aryl methyl sites for hydroxylation is 1. The van der Waals surface area contributed by atoms with Crippen molar-refractivity contribution in [2.45, 2.75) is 13.0 Å². The number of amides is 1. The summed E-state index contributed by atoms with van der Waals surface area (Å²) in [6.07, 6.45) is 1.12. The summed E-state index contributed by atoms with van der Waals surface area (Å²) >= 11 is 12.3. The van der Waals surface area contributed by atoms with E-state index in [1.54, 1.807) is 18.3 Å². The maximum atomic E-state index is 12.7. The number of carbonyl (C=O) groups is 1. The first-order chi connectivity index (χ1) is 14.4. The predicted octanol–water partition coefficient (Wildman–Crippen LogP) is 3.17. The molecule has 2 fully saturated rings. The first-order valence-corrected chi connectivity index (χ1v) is 11.0. The van der Waals surface area contributed by atoms with E-state index in [0.29, 0.717) is 53.8 Å². The van der Waals surface area contributed by atoms with Gasteiger partial charge in [0.05, 0.1) is 11.1 Å². The highest BCUT2D eigenvalue weighted by atomic mass is 35.5. The number of carbonyl (C=O) groups excluding carboxylic acids is 1. The lowest BCUT2D eigenvalue weighted by Gasteiger charge is -2.24. The average molecular weight is 449 g/mol. The Morgan fingerprint density at radius 1 is 1.20 bits per heavy atom. The van der Waals surface area contributed by atoms with Gasteiger partial charge in [-0.05, 0) is 48.6 Å². The Bertz CT molecular complexity index is 912. The second-order valence-electron chi connectivity index (χ2n) is 8.28. The molecule has 2 saturated heterocycles. The molecular weight excluding hydrogens is 423 g/mol. The Kier molecular flexibility index (Phi) is 6.48. The minimum absolute atomic E-state index is 0.0949. The average Bonchev–Trinajstić information content (AvgIpc) is 3.27. The van der Waals surface area contributed by atoms with E-state index in [4.69, 9.17) is 23.2 Å². The van der Waals surface area contributed by atoms with Crippen molar-refractivity contribution in [2.75, 3.05) is 44.6 Å².